The van der Waals surface area contributed by atoms with Crippen molar-refractivity contribution in [1.29, 1.82) is 0 Å². The van der Waals surface area contributed by atoms with Crippen LogP contribution in [0.3, 0.4) is 0 Å². The highest BCUT2D eigenvalue weighted by atomic mass is 79.9. The van der Waals surface area contributed by atoms with E-state index in [9.17, 15) is 17.6 Å². The van der Waals surface area contributed by atoms with Crippen molar-refractivity contribution in [3.8, 4) is 0 Å². The summed E-state index contributed by atoms with van der Waals surface area (Å²) in [4.78, 5) is 15.6. The maximum absolute atomic E-state index is 14.0. The van der Waals surface area contributed by atoms with Crippen LogP contribution in [-0.2, 0) is 14.8 Å². The molecule has 0 radical (unpaired) electrons. The van der Waals surface area contributed by atoms with Crippen molar-refractivity contribution < 1.29 is 21.6 Å². The molecule has 0 saturated heterocycles. The Balaban J connectivity index is 1.64. The second-order valence-corrected chi connectivity index (χ2v) is 10.2. The quantitative estimate of drug-likeness (QED) is 0.293. The van der Waals surface area contributed by atoms with E-state index in [1.54, 1.807) is 48.5 Å². The van der Waals surface area contributed by atoms with Crippen LogP contribution < -0.4 is 9.29 Å². The van der Waals surface area contributed by atoms with Crippen LogP contribution in [0.15, 0.2) is 87.3 Å². The fourth-order valence-electron chi connectivity index (χ4n) is 2.97. The molecule has 0 aliphatic rings. The number of amides is 1. The van der Waals surface area contributed by atoms with E-state index in [0.717, 1.165) is 11.8 Å². The number of H-pyrrole nitrogens is 1. The Kier molecular flexibility index (Phi) is 6.12. The van der Waals surface area contributed by atoms with Crippen LogP contribution in [0.2, 0.25) is 0 Å². The van der Waals surface area contributed by atoms with Crippen molar-refractivity contribution in [2.24, 2.45) is 0 Å². The van der Waals surface area contributed by atoms with Gasteiger partial charge in [-0.05, 0) is 54.2 Å². The minimum Gasteiger partial charge on any atom is -0.323 e. The van der Waals surface area contributed by atoms with Gasteiger partial charge in [0.2, 0.25) is 5.91 Å². The molecule has 0 aliphatic carbocycles. The molecule has 6 nitrogen and oxygen atoms in total. The van der Waals surface area contributed by atoms with Gasteiger partial charge in [0.25, 0.3) is 0 Å². The highest BCUT2D eigenvalue weighted by molar-refractivity contribution is 9.10. The molecule has 0 atom stereocenters. The topological polar surface area (TPSA) is 82.9 Å². The Morgan fingerprint density at radius 3 is 2.52 bits per heavy atom. The molecule has 0 spiro atoms. The molecule has 1 amide bonds. The summed E-state index contributed by atoms with van der Waals surface area (Å²) in [6.07, 6.45) is 0. The second-order valence-electron chi connectivity index (χ2n) is 6.49. The minimum atomic E-state index is -3.90. The summed E-state index contributed by atoms with van der Waals surface area (Å²) < 4.78 is 42.4. The number of halogens is 2. The smallest absolute Gasteiger partial charge is 0.323 e. The van der Waals surface area contributed by atoms with E-state index >= 15 is 0 Å². The van der Waals surface area contributed by atoms with Gasteiger partial charge in [-0.25, -0.2) is 9.37 Å². The van der Waals surface area contributed by atoms with Gasteiger partial charge in [0.1, 0.15) is 10.7 Å². The zero-order valence-electron chi connectivity index (χ0n) is 15.9. The first kappa shape index (κ1) is 21.5. The maximum Gasteiger partial charge on any atom is 0.336 e. The number of imidazole rings is 1. The van der Waals surface area contributed by atoms with Gasteiger partial charge < -0.3 is 5.32 Å². The summed E-state index contributed by atoms with van der Waals surface area (Å²) >= 11 is 4.18. The number of nitrogens with one attached hydrogen (secondary N) is 2. The standard InChI is InChI=1S/C21H15BrFN3O3S2/c22-14-10-11-17(16(23)12-14)24-20(27)13-30-21-25-18-8-4-5-9-19(18)26(21)31(28,29)15-6-2-1-3-7-15/h1-12H,13H2,(H,24,27)/p+1. The van der Waals surface area contributed by atoms with Crippen LogP contribution in [0, 0.1) is 5.82 Å². The van der Waals surface area contributed by atoms with Crippen molar-refractivity contribution in [2.75, 3.05) is 11.1 Å². The third kappa shape index (κ3) is 4.51. The second kappa shape index (κ2) is 8.81. The fraction of sp³-hybridized carbons (Fsp3) is 0.0476. The Hall–Kier alpha value is -2.69. The number of carbonyl (C=O) groups excluding carboxylic acids is 1. The summed E-state index contributed by atoms with van der Waals surface area (Å²) in [6.45, 7) is 0. The number of thioether (sulfide) groups is 1. The molecule has 0 fully saturated rings. The van der Waals surface area contributed by atoms with Crippen molar-refractivity contribution in [2.45, 2.75) is 10.1 Å². The number of hydrogen-bond donors (Lipinski definition) is 2. The lowest BCUT2D eigenvalue weighted by atomic mass is 10.3. The minimum absolute atomic E-state index is 0.0511. The maximum atomic E-state index is 14.0. The predicted octanol–water partition coefficient (Wildman–Crippen LogP) is 4.32. The van der Waals surface area contributed by atoms with Crippen LogP contribution in [-0.4, -0.2) is 25.1 Å². The van der Waals surface area contributed by atoms with E-state index in [2.05, 4.69) is 26.2 Å². The van der Waals surface area contributed by atoms with Crippen LogP contribution >= 0.6 is 27.7 Å². The monoisotopic (exact) mass is 520 g/mol. The fourth-order valence-corrected chi connectivity index (χ4v) is 5.89. The highest BCUT2D eigenvalue weighted by Gasteiger charge is 2.31. The lowest BCUT2D eigenvalue weighted by Gasteiger charge is -2.06. The number of fused-ring (bicyclic) bond motifs is 1. The summed E-state index contributed by atoms with van der Waals surface area (Å²) in [5.74, 6) is -1.15. The van der Waals surface area contributed by atoms with Crippen molar-refractivity contribution >= 4 is 60.3 Å². The van der Waals surface area contributed by atoms with Gasteiger partial charge >= 0.3 is 15.2 Å². The Bertz CT molecular complexity index is 1380. The molecule has 2 N–H and O–H groups in total. The number of benzene rings is 3. The molecule has 0 saturated carbocycles. The van der Waals surface area contributed by atoms with Gasteiger partial charge in [-0.15, -0.1) is 3.97 Å². The zero-order chi connectivity index (χ0) is 22.0. The number of para-hydroxylation sites is 2. The van der Waals surface area contributed by atoms with E-state index in [0.29, 0.717) is 15.5 Å². The number of aromatic nitrogens is 2. The summed E-state index contributed by atoms with van der Waals surface area (Å²) in [5.41, 5.74) is 1.13. The number of aromatic amines is 1. The Morgan fingerprint density at radius 1 is 1.06 bits per heavy atom. The first-order chi connectivity index (χ1) is 14.9. The van der Waals surface area contributed by atoms with Crippen LogP contribution in [0.1, 0.15) is 0 Å². The molecule has 31 heavy (non-hydrogen) atoms. The van der Waals surface area contributed by atoms with Crippen molar-refractivity contribution in [3.63, 3.8) is 0 Å². The molecule has 1 heterocycles. The average Bonchev–Trinajstić information content (AvgIpc) is 3.14. The highest BCUT2D eigenvalue weighted by Crippen LogP contribution is 2.23. The van der Waals surface area contributed by atoms with Gasteiger partial charge in [-0.3, -0.25) is 4.79 Å². The molecule has 0 unspecified atom stereocenters. The number of carbonyl (C=O) groups is 1. The lowest BCUT2D eigenvalue weighted by molar-refractivity contribution is -0.526. The van der Waals surface area contributed by atoms with Gasteiger partial charge in [0, 0.05) is 4.47 Å². The predicted molar refractivity (Wildman–Crippen MR) is 121 cm³/mol. The molecular formula is C21H16BrFN3O3S2+. The van der Waals surface area contributed by atoms with E-state index in [1.807, 2.05) is 0 Å². The van der Waals surface area contributed by atoms with Crippen molar-refractivity contribution in [3.05, 3.63) is 83.1 Å². The van der Waals surface area contributed by atoms with Crippen LogP contribution in [0.25, 0.3) is 11.0 Å². The van der Waals surface area contributed by atoms with E-state index in [-0.39, 0.29) is 21.5 Å². The van der Waals surface area contributed by atoms with Gasteiger partial charge in [0.05, 0.1) is 11.4 Å². The zero-order valence-corrected chi connectivity index (χ0v) is 19.1. The summed E-state index contributed by atoms with van der Waals surface area (Å²) in [7, 11) is -3.90. The normalized spacial score (nSPS) is 11.5. The van der Waals surface area contributed by atoms with E-state index < -0.39 is 21.7 Å². The number of anilines is 1. The molecule has 1 aromatic heterocycles. The number of nitrogens with zero attached hydrogens (tertiary/aromatic N) is 1. The Morgan fingerprint density at radius 2 is 1.77 bits per heavy atom. The third-order valence-electron chi connectivity index (χ3n) is 4.38. The molecule has 4 rings (SSSR count). The lowest BCUT2D eigenvalue weighted by Crippen LogP contribution is -2.44. The van der Waals surface area contributed by atoms with E-state index in [1.165, 1.54) is 28.2 Å². The van der Waals surface area contributed by atoms with Crippen molar-refractivity contribution in [1.82, 2.24) is 4.98 Å². The molecule has 0 aliphatic heterocycles. The number of rotatable bonds is 6. The molecule has 3 aromatic carbocycles. The third-order valence-corrected chi connectivity index (χ3v) is 7.68. The average molecular weight is 521 g/mol. The molecule has 0 bridgehead atoms. The first-order valence-electron chi connectivity index (χ1n) is 9.07. The molecule has 158 valence electrons. The molecule has 10 heteroatoms. The van der Waals surface area contributed by atoms with Crippen LogP contribution in [0.4, 0.5) is 10.1 Å². The van der Waals surface area contributed by atoms with Crippen LogP contribution in [0.5, 0.6) is 0 Å². The number of hydrogen-bond acceptors (Lipinski definition) is 4. The first-order valence-corrected chi connectivity index (χ1v) is 12.3. The van der Waals surface area contributed by atoms with Gasteiger partial charge in [0.15, 0.2) is 11.0 Å². The SMILES string of the molecule is O=C(CSc1[nH]c2ccccc2[n+]1S(=O)(=O)c1ccccc1)Nc1ccc(Br)cc1F. The Labute approximate surface area is 190 Å². The summed E-state index contributed by atoms with van der Waals surface area (Å²) in [5, 5.41) is 2.78. The van der Waals surface area contributed by atoms with Gasteiger partial charge in [-0.2, -0.15) is 8.42 Å². The van der Waals surface area contributed by atoms with E-state index in [4.69, 9.17) is 0 Å². The molecular weight excluding hydrogens is 505 g/mol. The summed E-state index contributed by atoms with van der Waals surface area (Å²) in [6, 6.07) is 19.4. The largest absolute Gasteiger partial charge is 0.336 e. The molecule has 4 aromatic rings. The van der Waals surface area contributed by atoms with Gasteiger partial charge in [-0.1, -0.05) is 46.3 Å².